The predicted molar refractivity (Wildman–Crippen MR) is 67.2 cm³/mol. The van der Waals surface area contributed by atoms with Crippen LogP contribution in [0.4, 0.5) is 21.7 Å². The first-order chi connectivity index (χ1) is 8.19. The zero-order valence-corrected chi connectivity index (χ0v) is 10.2. The fourth-order valence-corrected chi connectivity index (χ4v) is 1.57. The average molecular weight is 298 g/mol. The van der Waals surface area contributed by atoms with E-state index in [9.17, 15) is 4.39 Å². The molecule has 17 heavy (non-hydrogen) atoms. The first kappa shape index (κ1) is 11.7. The average Bonchev–Trinajstić information content (AvgIpc) is 2.33. The van der Waals surface area contributed by atoms with E-state index in [4.69, 9.17) is 5.84 Å². The van der Waals surface area contributed by atoms with Crippen LogP contribution >= 0.6 is 15.9 Å². The van der Waals surface area contributed by atoms with Gasteiger partial charge in [0.2, 0.25) is 0 Å². The lowest BCUT2D eigenvalue weighted by Crippen LogP contribution is -2.09. The van der Waals surface area contributed by atoms with Crippen LogP contribution in [0.3, 0.4) is 0 Å². The van der Waals surface area contributed by atoms with Gasteiger partial charge in [-0.15, -0.1) is 0 Å². The Hall–Kier alpha value is -1.73. The van der Waals surface area contributed by atoms with Crippen LogP contribution in [0.25, 0.3) is 0 Å². The van der Waals surface area contributed by atoms with Crippen molar-refractivity contribution in [3.8, 4) is 0 Å². The highest BCUT2D eigenvalue weighted by atomic mass is 79.9. The minimum absolute atomic E-state index is 0.329. The minimum atomic E-state index is -0.375. The van der Waals surface area contributed by atoms with Crippen LogP contribution in [-0.4, -0.2) is 9.97 Å². The van der Waals surface area contributed by atoms with E-state index in [2.05, 4.69) is 36.6 Å². The molecule has 0 spiro atoms. The van der Waals surface area contributed by atoms with Gasteiger partial charge in [-0.1, -0.05) is 15.9 Å². The number of nitrogens with one attached hydrogen (secondary N) is 2. The molecule has 0 aliphatic heterocycles. The topological polar surface area (TPSA) is 75.9 Å². The highest BCUT2D eigenvalue weighted by molar-refractivity contribution is 9.10. The van der Waals surface area contributed by atoms with Gasteiger partial charge in [-0.2, -0.15) is 0 Å². The fourth-order valence-electron chi connectivity index (χ4n) is 1.23. The molecule has 1 aromatic heterocycles. The molecular formula is C10H9BrFN5. The van der Waals surface area contributed by atoms with Crippen LogP contribution < -0.4 is 16.6 Å². The van der Waals surface area contributed by atoms with E-state index in [1.807, 2.05) is 0 Å². The maximum Gasteiger partial charge on any atom is 0.147 e. The van der Waals surface area contributed by atoms with Crippen LogP contribution in [0.15, 0.2) is 35.1 Å². The normalized spacial score (nSPS) is 10.1. The highest BCUT2D eigenvalue weighted by Crippen LogP contribution is 2.22. The zero-order valence-electron chi connectivity index (χ0n) is 8.61. The molecule has 1 aromatic carbocycles. The van der Waals surface area contributed by atoms with E-state index < -0.39 is 0 Å². The maximum absolute atomic E-state index is 13.5. The molecule has 2 aromatic rings. The molecule has 1 heterocycles. The van der Waals surface area contributed by atoms with Crippen molar-refractivity contribution in [2.75, 3.05) is 10.7 Å². The fraction of sp³-hybridized carbons (Fsp3) is 0. The molecule has 0 saturated carbocycles. The molecule has 2 rings (SSSR count). The van der Waals surface area contributed by atoms with Gasteiger partial charge in [0.25, 0.3) is 0 Å². The largest absolute Gasteiger partial charge is 0.338 e. The highest BCUT2D eigenvalue weighted by Gasteiger charge is 2.04. The number of benzene rings is 1. The lowest BCUT2D eigenvalue weighted by Gasteiger charge is -2.07. The van der Waals surface area contributed by atoms with Gasteiger partial charge in [-0.05, 0) is 18.2 Å². The molecule has 0 bridgehead atoms. The molecule has 7 heteroatoms. The summed E-state index contributed by atoms with van der Waals surface area (Å²) in [5.41, 5.74) is 2.71. The zero-order chi connectivity index (χ0) is 12.3. The van der Waals surface area contributed by atoms with E-state index in [0.717, 1.165) is 0 Å². The summed E-state index contributed by atoms with van der Waals surface area (Å²) in [6.45, 7) is 0. The van der Waals surface area contributed by atoms with E-state index in [-0.39, 0.29) is 5.82 Å². The van der Waals surface area contributed by atoms with Crippen LogP contribution in [-0.2, 0) is 0 Å². The van der Waals surface area contributed by atoms with Crippen molar-refractivity contribution in [3.63, 3.8) is 0 Å². The summed E-state index contributed by atoms with van der Waals surface area (Å²) in [6, 6.07) is 6.28. The van der Waals surface area contributed by atoms with Crippen molar-refractivity contribution in [3.05, 3.63) is 40.9 Å². The minimum Gasteiger partial charge on any atom is -0.338 e. The molecule has 0 radical (unpaired) electrons. The smallest absolute Gasteiger partial charge is 0.147 e. The van der Waals surface area contributed by atoms with E-state index >= 15 is 0 Å². The van der Waals surface area contributed by atoms with Crippen LogP contribution in [0, 0.1) is 5.82 Å². The summed E-state index contributed by atoms with van der Waals surface area (Å²) in [5.74, 6) is 5.74. The number of nitrogens with two attached hydrogens (primary N) is 1. The Kier molecular flexibility index (Phi) is 3.50. The molecule has 0 saturated heterocycles. The molecule has 0 aliphatic rings. The van der Waals surface area contributed by atoms with Gasteiger partial charge in [0, 0.05) is 10.5 Å². The summed E-state index contributed by atoms with van der Waals surface area (Å²) >= 11 is 3.18. The number of halogens is 2. The molecule has 0 amide bonds. The van der Waals surface area contributed by atoms with Crippen molar-refractivity contribution in [2.24, 2.45) is 5.84 Å². The lowest BCUT2D eigenvalue weighted by atomic mass is 10.3. The van der Waals surface area contributed by atoms with Gasteiger partial charge in [-0.3, -0.25) is 0 Å². The third-order valence-corrected chi connectivity index (χ3v) is 2.50. The molecular weight excluding hydrogens is 289 g/mol. The molecule has 4 N–H and O–H groups in total. The van der Waals surface area contributed by atoms with Gasteiger partial charge in [-0.25, -0.2) is 20.2 Å². The summed E-state index contributed by atoms with van der Waals surface area (Å²) in [4.78, 5) is 7.80. The third kappa shape index (κ3) is 2.89. The number of hydrazine groups is 1. The van der Waals surface area contributed by atoms with Crippen molar-refractivity contribution in [1.82, 2.24) is 9.97 Å². The van der Waals surface area contributed by atoms with Crippen molar-refractivity contribution >= 4 is 33.3 Å². The monoisotopic (exact) mass is 297 g/mol. The molecule has 5 nitrogen and oxygen atoms in total. The van der Waals surface area contributed by atoms with Crippen LogP contribution in [0.1, 0.15) is 0 Å². The number of anilines is 3. The van der Waals surface area contributed by atoms with Gasteiger partial charge in [0.15, 0.2) is 0 Å². The number of aromatic nitrogens is 2. The van der Waals surface area contributed by atoms with Gasteiger partial charge in [0.05, 0.1) is 5.69 Å². The van der Waals surface area contributed by atoms with E-state index in [1.165, 1.54) is 12.4 Å². The predicted octanol–water partition coefficient (Wildman–Crippen LogP) is 2.41. The third-order valence-electron chi connectivity index (χ3n) is 2.01. The standard InChI is InChI=1S/C10H9BrFN5/c11-6-1-2-8(7(12)3-6)16-9-4-10(17-13)15-5-14-9/h1-5H,13H2,(H2,14,15,16,17). The van der Waals surface area contributed by atoms with Gasteiger partial charge in [0.1, 0.15) is 23.8 Å². The second-order valence-corrected chi connectivity index (χ2v) is 4.10. The van der Waals surface area contributed by atoms with Gasteiger partial charge >= 0.3 is 0 Å². The Bertz CT molecular complexity index is 534. The molecule has 0 fully saturated rings. The number of nitrogen functional groups attached to an aromatic ring is 1. The lowest BCUT2D eigenvalue weighted by molar-refractivity contribution is 0.631. The second kappa shape index (κ2) is 5.07. The number of rotatable bonds is 3. The Morgan fingerprint density at radius 3 is 2.65 bits per heavy atom. The SMILES string of the molecule is NNc1cc(Nc2ccc(Br)cc2F)ncn1. The molecule has 0 atom stereocenters. The Morgan fingerprint density at radius 1 is 1.18 bits per heavy atom. The van der Waals surface area contributed by atoms with E-state index in [0.29, 0.717) is 21.8 Å². The molecule has 0 aliphatic carbocycles. The Labute approximate surface area is 105 Å². The summed E-state index contributed by atoms with van der Waals surface area (Å²) in [6.07, 6.45) is 1.33. The quantitative estimate of drug-likeness (QED) is 0.599. The Morgan fingerprint density at radius 2 is 1.94 bits per heavy atom. The summed E-state index contributed by atoms with van der Waals surface area (Å²) in [5, 5.41) is 2.83. The van der Waals surface area contributed by atoms with Crippen LogP contribution in [0.2, 0.25) is 0 Å². The van der Waals surface area contributed by atoms with Gasteiger partial charge < -0.3 is 10.7 Å². The number of hydrogen-bond acceptors (Lipinski definition) is 5. The number of hydrogen-bond donors (Lipinski definition) is 3. The van der Waals surface area contributed by atoms with E-state index in [1.54, 1.807) is 18.2 Å². The number of nitrogens with zero attached hydrogens (tertiary/aromatic N) is 2. The van der Waals surface area contributed by atoms with Crippen molar-refractivity contribution in [1.29, 1.82) is 0 Å². The molecule has 0 unspecified atom stereocenters. The first-order valence-electron chi connectivity index (χ1n) is 4.70. The first-order valence-corrected chi connectivity index (χ1v) is 5.49. The molecule has 88 valence electrons. The van der Waals surface area contributed by atoms with Crippen molar-refractivity contribution in [2.45, 2.75) is 0 Å². The second-order valence-electron chi connectivity index (χ2n) is 3.18. The van der Waals surface area contributed by atoms with Crippen molar-refractivity contribution < 1.29 is 4.39 Å². The summed E-state index contributed by atoms with van der Waals surface area (Å²) in [7, 11) is 0. The summed E-state index contributed by atoms with van der Waals surface area (Å²) < 4.78 is 14.2. The van der Waals surface area contributed by atoms with Crippen LogP contribution in [0.5, 0.6) is 0 Å². The maximum atomic E-state index is 13.5. The Balaban J connectivity index is 2.25.